The second-order valence-electron chi connectivity index (χ2n) is 17.1. The van der Waals surface area contributed by atoms with Crippen LogP contribution in [0, 0.1) is 11.8 Å². The fraction of sp³-hybridized carbons (Fsp3) is 0.583. The monoisotopic (exact) mass is 908 g/mol. The molecular formula is C48H68N4O13. The molecule has 65 heavy (non-hydrogen) atoms. The lowest BCUT2D eigenvalue weighted by molar-refractivity contribution is -0.176. The van der Waals surface area contributed by atoms with E-state index in [9.17, 15) is 43.5 Å². The average Bonchev–Trinajstić information content (AvgIpc) is 3.28. The van der Waals surface area contributed by atoms with Crippen LogP contribution in [0.25, 0.3) is 0 Å². The van der Waals surface area contributed by atoms with Crippen molar-refractivity contribution in [2.45, 2.75) is 142 Å². The minimum Gasteiger partial charge on any atom is -0.479 e. The molecule has 2 aromatic rings. The summed E-state index contributed by atoms with van der Waals surface area (Å²) < 4.78 is 22.4. The minimum atomic E-state index is -1.45. The molecule has 0 unspecified atom stereocenters. The predicted molar refractivity (Wildman–Crippen MR) is 239 cm³/mol. The third-order valence-electron chi connectivity index (χ3n) is 11.7. The van der Waals surface area contributed by atoms with E-state index in [4.69, 9.17) is 18.9 Å². The molecule has 1 aliphatic heterocycles. The van der Waals surface area contributed by atoms with Crippen LogP contribution < -0.4 is 5.32 Å². The maximum atomic E-state index is 14.3. The minimum absolute atomic E-state index is 0.0693. The summed E-state index contributed by atoms with van der Waals surface area (Å²) in [5.74, 6) is -7.38. The lowest BCUT2D eigenvalue weighted by Crippen LogP contribution is -2.55. The van der Waals surface area contributed by atoms with E-state index in [2.05, 4.69) is 5.32 Å². The normalized spacial score (nSPS) is 17.5. The van der Waals surface area contributed by atoms with Gasteiger partial charge in [-0.2, -0.15) is 0 Å². The first-order valence-electron chi connectivity index (χ1n) is 22.4. The van der Waals surface area contributed by atoms with Crippen molar-refractivity contribution in [2.75, 3.05) is 27.7 Å². The fourth-order valence-electron chi connectivity index (χ4n) is 7.63. The number of nitrogens with one attached hydrogen (secondary N) is 1. The molecule has 17 nitrogen and oxygen atoms in total. The number of amides is 3. The van der Waals surface area contributed by atoms with Crippen molar-refractivity contribution in [3.05, 3.63) is 71.8 Å². The Morgan fingerprint density at radius 1 is 0.708 bits per heavy atom. The van der Waals surface area contributed by atoms with Gasteiger partial charge in [0.2, 0.25) is 0 Å². The molecule has 0 saturated carbocycles. The number of likely N-dealkylation sites (N-methyl/N-ethyl adjacent to an activating group) is 3. The number of hydrogen-bond acceptors (Lipinski definition) is 13. The van der Waals surface area contributed by atoms with E-state index >= 15 is 0 Å². The Bertz CT molecular complexity index is 1930. The number of rotatable bonds is 23. The molecule has 0 aromatic heterocycles. The highest BCUT2D eigenvalue weighted by Crippen LogP contribution is 2.24. The molecule has 1 heterocycles. The number of aliphatic carboxylic acids is 1. The molecule has 3 amide bonds. The Labute approximate surface area is 382 Å². The van der Waals surface area contributed by atoms with Crippen LogP contribution in [0.5, 0.6) is 0 Å². The largest absolute Gasteiger partial charge is 0.479 e. The van der Waals surface area contributed by atoms with Gasteiger partial charge in [-0.3, -0.25) is 19.2 Å². The molecule has 0 aliphatic carbocycles. The summed E-state index contributed by atoms with van der Waals surface area (Å²) in [6.07, 6.45) is -3.46. The van der Waals surface area contributed by atoms with Crippen LogP contribution in [0.4, 0.5) is 0 Å². The number of nitrogens with zero attached hydrogens (tertiary/aromatic N) is 3. The Morgan fingerprint density at radius 3 is 1.77 bits per heavy atom. The first-order chi connectivity index (χ1) is 30.7. The van der Waals surface area contributed by atoms with Gasteiger partial charge in [-0.05, 0) is 82.9 Å². The van der Waals surface area contributed by atoms with Crippen molar-refractivity contribution >= 4 is 47.6 Å². The molecule has 0 radical (unpaired) electrons. The Kier molecular flexibility index (Phi) is 21.1. The number of esters is 4. The van der Waals surface area contributed by atoms with E-state index in [0.717, 1.165) is 15.4 Å². The predicted octanol–water partition coefficient (Wildman–Crippen LogP) is 3.98. The van der Waals surface area contributed by atoms with Gasteiger partial charge in [-0.25, -0.2) is 19.2 Å². The molecule has 1 saturated heterocycles. The second-order valence-corrected chi connectivity index (χ2v) is 17.1. The van der Waals surface area contributed by atoms with Gasteiger partial charge in [0.1, 0.15) is 24.2 Å². The quantitative estimate of drug-likeness (QED) is 0.119. The maximum Gasteiger partial charge on any atom is 0.344 e. The summed E-state index contributed by atoms with van der Waals surface area (Å²) in [5, 5.41) is 12.3. The summed E-state index contributed by atoms with van der Waals surface area (Å²) in [6, 6.07) is 13.8. The molecule has 358 valence electrons. The standard InChI is InChI=1S/C48H68N4O13/c1-11-30(4)40(51(10)42(54)32(6)62-45(58)36(49-8)27-34-20-14-12-15-21-34)48(61)63-31(5)41(53)50(9)38(26-29(2)3)47(60)65-39(28-35-22-16-13-17-23-35)43(55)52-25-19-18-24-37(52)46(59)64-33(7)44(56)57/h12-17,20-23,29-33,36-40,49H,11,18-19,24-28H2,1-10H3,(H,56,57)/t30-,31+,32+,33+,36-,37-,38-,39+,40-/m0/s1. The summed E-state index contributed by atoms with van der Waals surface area (Å²) in [7, 11) is 4.38. The van der Waals surface area contributed by atoms with E-state index in [1.165, 1.54) is 39.8 Å². The van der Waals surface area contributed by atoms with E-state index in [1.807, 2.05) is 51.1 Å². The van der Waals surface area contributed by atoms with E-state index in [0.29, 0.717) is 31.2 Å². The van der Waals surface area contributed by atoms with Gasteiger partial charge in [0, 0.05) is 27.1 Å². The smallest absolute Gasteiger partial charge is 0.344 e. The molecule has 1 aliphatic rings. The number of carboxylic acid groups (broad SMARTS) is 1. The number of carbonyl (C=O) groups excluding carboxylic acids is 7. The van der Waals surface area contributed by atoms with Crippen molar-refractivity contribution in [2.24, 2.45) is 11.8 Å². The second kappa shape index (κ2) is 25.6. The molecule has 2 N–H and O–H groups in total. The topological polar surface area (TPSA) is 215 Å². The van der Waals surface area contributed by atoms with Gasteiger partial charge in [0.05, 0.1) is 0 Å². The van der Waals surface area contributed by atoms with Crippen LogP contribution in [-0.4, -0.2) is 144 Å². The molecule has 0 bridgehead atoms. The number of piperidine rings is 1. The van der Waals surface area contributed by atoms with Gasteiger partial charge in [-0.15, -0.1) is 0 Å². The molecule has 0 spiro atoms. The van der Waals surface area contributed by atoms with Gasteiger partial charge >= 0.3 is 29.8 Å². The van der Waals surface area contributed by atoms with Gasteiger partial charge < -0.3 is 44.1 Å². The first kappa shape index (κ1) is 53.5. The SMILES string of the molecule is CC[C@H](C)[C@@H](C(=O)O[C@H](C)C(=O)N(C)[C@@H](CC(C)C)C(=O)O[C@H](Cc1ccccc1)C(=O)N1CCCC[C@H]1C(=O)O[C@H](C)C(=O)O)N(C)C(=O)[C@@H](C)OC(=O)[C@H](Cc1ccccc1)NC. The maximum absolute atomic E-state index is 14.3. The first-order valence-corrected chi connectivity index (χ1v) is 22.4. The summed E-state index contributed by atoms with van der Waals surface area (Å²) in [6.45, 7) is 11.3. The van der Waals surface area contributed by atoms with Crippen LogP contribution in [0.1, 0.15) is 91.7 Å². The van der Waals surface area contributed by atoms with Crippen LogP contribution in [0.3, 0.4) is 0 Å². The number of benzene rings is 2. The van der Waals surface area contributed by atoms with Gasteiger partial charge in [-0.1, -0.05) is 94.8 Å². The van der Waals surface area contributed by atoms with Crippen molar-refractivity contribution in [1.29, 1.82) is 0 Å². The number of likely N-dealkylation sites (tertiary alicyclic amines) is 1. The van der Waals surface area contributed by atoms with Crippen LogP contribution >= 0.6 is 0 Å². The zero-order chi connectivity index (χ0) is 48.5. The number of carboxylic acids is 1. The summed E-state index contributed by atoms with van der Waals surface area (Å²) in [5.41, 5.74) is 1.54. The number of carbonyl (C=O) groups is 8. The Morgan fingerprint density at radius 2 is 1.25 bits per heavy atom. The highest BCUT2D eigenvalue weighted by Gasteiger charge is 2.42. The zero-order valence-electron chi connectivity index (χ0n) is 39.4. The third kappa shape index (κ3) is 15.4. The van der Waals surface area contributed by atoms with Crippen LogP contribution in [0.2, 0.25) is 0 Å². The molecule has 1 fully saturated rings. The highest BCUT2D eigenvalue weighted by atomic mass is 16.6. The number of hydrogen-bond donors (Lipinski definition) is 2. The zero-order valence-corrected chi connectivity index (χ0v) is 39.4. The van der Waals surface area contributed by atoms with E-state index < -0.39 is 102 Å². The van der Waals surface area contributed by atoms with E-state index in [-0.39, 0.29) is 31.7 Å². The Hall–Kier alpha value is -5.84. The van der Waals surface area contributed by atoms with Gasteiger partial charge in [0.25, 0.3) is 17.7 Å². The lowest BCUT2D eigenvalue weighted by atomic mass is 9.97. The third-order valence-corrected chi connectivity index (χ3v) is 11.7. The van der Waals surface area contributed by atoms with Crippen molar-refractivity contribution < 1.29 is 62.4 Å². The lowest BCUT2D eigenvalue weighted by Gasteiger charge is -2.37. The van der Waals surface area contributed by atoms with Crippen LogP contribution in [-0.2, 0) is 70.1 Å². The Balaban J connectivity index is 1.80. The average molecular weight is 909 g/mol. The fourth-order valence-corrected chi connectivity index (χ4v) is 7.63. The number of ether oxygens (including phenoxy) is 4. The van der Waals surface area contributed by atoms with Crippen molar-refractivity contribution in [3.8, 4) is 0 Å². The van der Waals surface area contributed by atoms with Crippen LogP contribution in [0.15, 0.2) is 60.7 Å². The van der Waals surface area contributed by atoms with Crippen molar-refractivity contribution in [1.82, 2.24) is 20.0 Å². The summed E-state index contributed by atoms with van der Waals surface area (Å²) in [4.78, 5) is 112. The van der Waals surface area contributed by atoms with Gasteiger partial charge in [0.15, 0.2) is 24.4 Å². The molecular weight excluding hydrogens is 841 g/mol. The highest BCUT2D eigenvalue weighted by molar-refractivity contribution is 5.93. The molecule has 9 atom stereocenters. The molecule has 3 rings (SSSR count). The van der Waals surface area contributed by atoms with E-state index in [1.54, 1.807) is 44.3 Å². The molecule has 17 heteroatoms. The summed E-state index contributed by atoms with van der Waals surface area (Å²) >= 11 is 0. The van der Waals surface area contributed by atoms with Crippen molar-refractivity contribution in [3.63, 3.8) is 0 Å². The molecule has 2 aromatic carbocycles.